The first-order chi connectivity index (χ1) is 11.1. The van der Waals surface area contributed by atoms with Crippen molar-refractivity contribution in [3.63, 3.8) is 0 Å². The van der Waals surface area contributed by atoms with Gasteiger partial charge < -0.3 is 20.1 Å². The molecule has 0 aliphatic rings. The fourth-order valence-corrected chi connectivity index (χ4v) is 2.21. The van der Waals surface area contributed by atoms with Gasteiger partial charge in [0, 0.05) is 13.6 Å². The molecule has 0 heterocycles. The lowest BCUT2D eigenvalue weighted by atomic mass is 10.1. The zero-order valence-electron chi connectivity index (χ0n) is 13.4. The lowest BCUT2D eigenvalue weighted by Gasteiger charge is -2.22. The Bertz CT molecular complexity index is 631. The Hall–Kier alpha value is -2.53. The maximum atomic E-state index is 12.1. The van der Waals surface area contributed by atoms with Crippen molar-refractivity contribution in [2.75, 3.05) is 20.7 Å². The van der Waals surface area contributed by atoms with Gasteiger partial charge in [-0.3, -0.25) is 0 Å². The predicted octanol–water partition coefficient (Wildman–Crippen LogP) is 2.57. The maximum Gasteiger partial charge on any atom is 0.317 e. The van der Waals surface area contributed by atoms with Crippen LogP contribution in [0.25, 0.3) is 0 Å². The molecule has 0 aromatic heterocycles. The van der Waals surface area contributed by atoms with Gasteiger partial charge in [0.05, 0.1) is 19.8 Å². The van der Waals surface area contributed by atoms with Gasteiger partial charge >= 0.3 is 6.03 Å². The normalized spacial score (nSPS) is 11.6. The molecule has 0 radical (unpaired) electrons. The molecule has 1 atom stereocenters. The van der Waals surface area contributed by atoms with E-state index >= 15 is 0 Å². The van der Waals surface area contributed by atoms with Crippen molar-refractivity contribution in [1.29, 1.82) is 0 Å². The third-order valence-corrected chi connectivity index (χ3v) is 3.56. The molecule has 0 saturated heterocycles. The van der Waals surface area contributed by atoms with Crippen LogP contribution < -0.4 is 10.1 Å². The summed E-state index contributed by atoms with van der Waals surface area (Å²) in [6, 6.07) is 16.7. The Morgan fingerprint density at radius 2 is 1.96 bits per heavy atom. The molecule has 5 heteroatoms. The quantitative estimate of drug-likeness (QED) is 0.861. The molecule has 0 spiro atoms. The van der Waals surface area contributed by atoms with E-state index in [1.807, 2.05) is 48.5 Å². The number of urea groups is 1. The monoisotopic (exact) mass is 314 g/mol. The van der Waals surface area contributed by atoms with E-state index in [1.165, 1.54) is 4.90 Å². The SMILES string of the molecule is COc1cccc(C(O)CN(C)C(=O)NCc2ccccc2)c1. The average Bonchev–Trinajstić information content (AvgIpc) is 2.60. The molecule has 0 aliphatic carbocycles. The third-order valence-electron chi connectivity index (χ3n) is 3.56. The minimum absolute atomic E-state index is 0.202. The maximum absolute atomic E-state index is 12.1. The molecule has 2 rings (SSSR count). The van der Waals surface area contributed by atoms with Gasteiger partial charge in [0.15, 0.2) is 0 Å². The molecule has 2 amide bonds. The van der Waals surface area contributed by atoms with E-state index in [-0.39, 0.29) is 12.6 Å². The highest BCUT2D eigenvalue weighted by Gasteiger charge is 2.15. The number of hydrogen-bond donors (Lipinski definition) is 2. The Balaban J connectivity index is 1.87. The number of aliphatic hydroxyl groups is 1. The van der Waals surface area contributed by atoms with Crippen molar-refractivity contribution in [3.8, 4) is 5.75 Å². The minimum atomic E-state index is -0.766. The Labute approximate surface area is 136 Å². The number of carbonyl (C=O) groups excluding carboxylic acids is 1. The summed E-state index contributed by atoms with van der Waals surface area (Å²) in [5.41, 5.74) is 1.75. The van der Waals surface area contributed by atoms with E-state index < -0.39 is 6.10 Å². The van der Waals surface area contributed by atoms with Crippen LogP contribution in [0.3, 0.4) is 0 Å². The topological polar surface area (TPSA) is 61.8 Å². The van der Waals surface area contributed by atoms with E-state index in [0.29, 0.717) is 17.9 Å². The molecular formula is C18H22N2O3. The van der Waals surface area contributed by atoms with Crippen LogP contribution in [-0.2, 0) is 6.54 Å². The predicted molar refractivity (Wildman–Crippen MR) is 89.3 cm³/mol. The van der Waals surface area contributed by atoms with Gasteiger partial charge in [0.25, 0.3) is 0 Å². The summed E-state index contributed by atoms with van der Waals surface area (Å²) in [6.07, 6.45) is -0.766. The molecule has 2 aromatic rings. The van der Waals surface area contributed by atoms with Crippen LogP contribution in [0, 0.1) is 0 Å². The van der Waals surface area contributed by atoms with Gasteiger partial charge in [-0.1, -0.05) is 42.5 Å². The number of carbonyl (C=O) groups is 1. The van der Waals surface area contributed by atoms with Crippen molar-refractivity contribution in [2.45, 2.75) is 12.6 Å². The molecule has 0 saturated carbocycles. The van der Waals surface area contributed by atoms with Crippen LogP contribution in [0.2, 0.25) is 0 Å². The highest BCUT2D eigenvalue weighted by Crippen LogP contribution is 2.19. The first-order valence-corrected chi connectivity index (χ1v) is 7.45. The molecule has 2 aromatic carbocycles. The fourth-order valence-electron chi connectivity index (χ4n) is 2.21. The Kier molecular flexibility index (Phi) is 6.00. The van der Waals surface area contributed by atoms with E-state index in [9.17, 15) is 9.90 Å². The van der Waals surface area contributed by atoms with Gasteiger partial charge in [0.1, 0.15) is 5.75 Å². The van der Waals surface area contributed by atoms with Crippen LogP contribution in [0.5, 0.6) is 5.75 Å². The minimum Gasteiger partial charge on any atom is -0.497 e. The first kappa shape index (κ1) is 16.8. The van der Waals surface area contributed by atoms with Crippen molar-refractivity contribution in [1.82, 2.24) is 10.2 Å². The van der Waals surface area contributed by atoms with E-state index in [1.54, 1.807) is 20.2 Å². The number of aliphatic hydroxyl groups excluding tert-OH is 1. The summed E-state index contributed by atoms with van der Waals surface area (Å²) >= 11 is 0. The summed E-state index contributed by atoms with van der Waals surface area (Å²) in [5, 5.41) is 13.1. The molecule has 0 bridgehead atoms. The number of nitrogens with one attached hydrogen (secondary N) is 1. The molecule has 122 valence electrons. The number of rotatable bonds is 6. The number of benzene rings is 2. The number of amides is 2. The van der Waals surface area contributed by atoms with E-state index in [4.69, 9.17) is 4.74 Å². The molecule has 2 N–H and O–H groups in total. The number of ether oxygens (including phenoxy) is 1. The standard InChI is InChI=1S/C18H22N2O3/c1-20(18(22)19-12-14-7-4-3-5-8-14)13-17(21)15-9-6-10-16(11-15)23-2/h3-11,17,21H,12-13H2,1-2H3,(H,19,22). The summed E-state index contributed by atoms with van der Waals surface area (Å²) in [5.74, 6) is 0.678. The highest BCUT2D eigenvalue weighted by molar-refractivity contribution is 5.73. The lowest BCUT2D eigenvalue weighted by molar-refractivity contribution is 0.131. The Morgan fingerprint density at radius 3 is 2.65 bits per heavy atom. The molecule has 23 heavy (non-hydrogen) atoms. The summed E-state index contributed by atoms with van der Waals surface area (Å²) in [6.45, 7) is 0.660. The summed E-state index contributed by atoms with van der Waals surface area (Å²) in [4.78, 5) is 13.6. The van der Waals surface area contributed by atoms with Crippen LogP contribution in [0.1, 0.15) is 17.2 Å². The molecule has 1 unspecified atom stereocenters. The van der Waals surface area contributed by atoms with Gasteiger partial charge in [-0.15, -0.1) is 0 Å². The number of methoxy groups -OCH3 is 1. The number of hydrogen-bond acceptors (Lipinski definition) is 3. The van der Waals surface area contributed by atoms with Crippen molar-refractivity contribution < 1.29 is 14.6 Å². The van der Waals surface area contributed by atoms with Gasteiger partial charge in [-0.05, 0) is 23.3 Å². The van der Waals surface area contributed by atoms with E-state index in [2.05, 4.69) is 5.32 Å². The second-order valence-electron chi connectivity index (χ2n) is 5.32. The van der Waals surface area contributed by atoms with Crippen LogP contribution in [-0.4, -0.2) is 36.7 Å². The van der Waals surface area contributed by atoms with Gasteiger partial charge in [-0.25, -0.2) is 4.79 Å². The number of nitrogens with zero attached hydrogens (tertiary/aromatic N) is 1. The fraction of sp³-hybridized carbons (Fsp3) is 0.278. The largest absolute Gasteiger partial charge is 0.497 e. The van der Waals surface area contributed by atoms with Gasteiger partial charge in [0.2, 0.25) is 0 Å². The first-order valence-electron chi connectivity index (χ1n) is 7.45. The molecular weight excluding hydrogens is 292 g/mol. The second-order valence-corrected chi connectivity index (χ2v) is 5.32. The highest BCUT2D eigenvalue weighted by atomic mass is 16.5. The van der Waals surface area contributed by atoms with Crippen LogP contribution in [0.4, 0.5) is 4.79 Å². The zero-order valence-corrected chi connectivity index (χ0v) is 13.4. The van der Waals surface area contributed by atoms with Gasteiger partial charge in [-0.2, -0.15) is 0 Å². The second kappa shape index (κ2) is 8.19. The molecule has 0 fully saturated rings. The van der Waals surface area contributed by atoms with E-state index in [0.717, 1.165) is 5.56 Å². The van der Waals surface area contributed by atoms with Crippen molar-refractivity contribution >= 4 is 6.03 Å². The number of likely N-dealkylation sites (N-methyl/N-ethyl adjacent to an activating group) is 1. The third kappa shape index (κ3) is 5.00. The molecule has 0 aliphatic heterocycles. The Morgan fingerprint density at radius 1 is 1.22 bits per heavy atom. The summed E-state index contributed by atoms with van der Waals surface area (Å²) in [7, 11) is 3.23. The van der Waals surface area contributed by atoms with Crippen LogP contribution in [0.15, 0.2) is 54.6 Å². The smallest absolute Gasteiger partial charge is 0.317 e. The van der Waals surface area contributed by atoms with Crippen LogP contribution >= 0.6 is 0 Å². The molecule has 5 nitrogen and oxygen atoms in total. The zero-order chi connectivity index (χ0) is 16.7. The lowest BCUT2D eigenvalue weighted by Crippen LogP contribution is -2.39. The summed E-state index contributed by atoms with van der Waals surface area (Å²) < 4.78 is 5.14. The average molecular weight is 314 g/mol. The van der Waals surface area contributed by atoms with Crippen molar-refractivity contribution in [3.05, 3.63) is 65.7 Å². The van der Waals surface area contributed by atoms with Crippen molar-refractivity contribution in [2.24, 2.45) is 0 Å².